The van der Waals surface area contributed by atoms with Crippen LogP contribution >= 0.6 is 0 Å². The monoisotopic (exact) mass is 283 g/mol. The molecule has 0 aliphatic carbocycles. The number of rotatable bonds is 6. The van der Waals surface area contributed by atoms with Gasteiger partial charge in [-0.05, 0) is 22.8 Å². The third-order valence-electron chi connectivity index (χ3n) is 3.79. The molecular formula is C17H21N3O. The Kier molecular flexibility index (Phi) is 4.48. The van der Waals surface area contributed by atoms with Gasteiger partial charge in [-0.2, -0.15) is 0 Å². The van der Waals surface area contributed by atoms with Gasteiger partial charge >= 0.3 is 0 Å². The molecule has 0 atom stereocenters. The van der Waals surface area contributed by atoms with E-state index < -0.39 is 0 Å². The Morgan fingerprint density at radius 2 is 1.90 bits per heavy atom. The van der Waals surface area contributed by atoms with Crippen molar-refractivity contribution in [1.82, 2.24) is 10.3 Å². The normalized spacial score (nSPS) is 13.5. The number of hydrogen-bond donors (Lipinski definition) is 1. The average Bonchev–Trinajstić information content (AvgIpc) is 2.96. The summed E-state index contributed by atoms with van der Waals surface area (Å²) in [5.41, 5.74) is 4.01. The van der Waals surface area contributed by atoms with Crippen molar-refractivity contribution >= 4 is 5.82 Å². The zero-order chi connectivity index (χ0) is 14.5. The van der Waals surface area contributed by atoms with Gasteiger partial charge in [-0.15, -0.1) is 0 Å². The lowest BCUT2D eigenvalue weighted by atomic mass is 10.1. The molecule has 0 unspecified atom stereocenters. The first-order chi connectivity index (χ1) is 10.4. The van der Waals surface area contributed by atoms with Gasteiger partial charge in [0.1, 0.15) is 5.82 Å². The molecule has 3 rings (SSSR count). The quantitative estimate of drug-likeness (QED) is 0.826. The maximum absolute atomic E-state index is 5.01. The first-order valence-corrected chi connectivity index (χ1v) is 7.33. The zero-order valence-corrected chi connectivity index (χ0v) is 12.4. The molecule has 21 heavy (non-hydrogen) atoms. The minimum atomic E-state index is 0.734. The Bertz CT molecular complexity index is 558. The summed E-state index contributed by atoms with van der Waals surface area (Å²) in [6.07, 6.45) is 1.96. The third kappa shape index (κ3) is 3.40. The van der Waals surface area contributed by atoms with Crippen molar-refractivity contribution < 1.29 is 4.74 Å². The lowest BCUT2D eigenvalue weighted by molar-refractivity contribution is 0.199. The second-order valence-corrected chi connectivity index (χ2v) is 5.32. The fraction of sp³-hybridized carbons (Fsp3) is 0.353. The predicted molar refractivity (Wildman–Crippen MR) is 84.1 cm³/mol. The number of pyridine rings is 1. The van der Waals surface area contributed by atoms with E-state index in [2.05, 4.69) is 51.6 Å². The Labute approximate surface area is 125 Å². The van der Waals surface area contributed by atoms with Crippen molar-refractivity contribution in [3.63, 3.8) is 0 Å². The number of methoxy groups -OCH3 is 1. The lowest BCUT2D eigenvalue weighted by Crippen LogP contribution is -2.19. The third-order valence-corrected chi connectivity index (χ3v) is 3.79. The molecule has 1 aromatic carbocycles. The topological polar surface area (TPSA) is 37.4 Å². The highest BCUT2D eigenvalue weighted by atomic mass is 16.5. The van der Waals surface area contributed by atoms with Gasteiger partial charge in [-0.25, -0.2) is 4.98 Å². The van der Waals surface area contributed by atoms with Gasteiger partial charge in [0.05, 0.1) is 6.61 Å². The molecule has 1 N–H and O–H groups in total. The minimum Gasteiger partial charge on any atom is -0.383 e. The Morgan fingerprint density at radius 1 is 1.14 bits per heavy atom. The van der Waals surface area contributed by atoms with E-state index in [9.17, 15) is 0 Å². The SMILES string of the molecule is COCCNCc1ccc(N2Cc3ccccc3C2)nc1. The van der Waals surface area contributed by atoms with Crippen LogP contribution in [0.1, 0.15) is 16.7 Å². The molecule has 2 aromatic rings. The van der Waals surface area contributed by atoms with Crippen molar-refractivity contribution in [3.05, 3.63) is 59.3 Å². The molecule has 110 valence electrons. The van der Waals surface area contributed by atoms with Crippen LogP contribution in [0.5, 0.6) is 0 Å². The van der Waals surface area contributed by atoms with Crippen LogP contribution in [0.25, 0.3) is 0 Å². The summed E-state index contributed by atoms with van der Waals surface area (Å²) in [6.45, 7) is 4.33. The predicted octanol–water partition coefficient (Wildman–Crippen LogP) is 2.34. The summed E-state index contributed by atoms with van der Waals surface area (Å²) in [4.78, 5) is 6.91. The van der Waals surface area contributed by atoms with Gasteiger partial charge in [0.2, 0.25) is 0 Å². The highest BCUT2D eigenvalue weighted by Crippen LogP contribution is 2.26. The number of nitrogens with one attached hydrogen (secondary N) is 1. The number of benzene rings is 1. The van der Waals surface area contributed by atoms with E-state index in [0.717, 1.165) is 38.6 Å². The molecule has 0 bridgehead atoms. The van der Waals surface area contributed by atoms with Crippen molar-refractivity contribution in [3.8, 4) is 0 Å². The summed E-state index contributed by atoms with van der Waals surface area (Å²) in [5, 5.41) is 3.33. The molecule has 4 heteroatoms. The van der Waals surface area contributed by atoms with Gasteiger partial charge in [0.15, 0.2) is 0 Å². The summed E-state index contributed by atoms with van der Waals surface area (Å²) in [6, 6.07) is 12.9. The molecule has 0 saturated carbocycles. The Balaban J connectivity index is 1.58. The molecule has 0 spiro atoms. The van der Waals surface area contributed by atoms with Crippen LogP contribution in [-0.2, 0) is 24.4 Å². The molecule has 1 aliphatic heterocycles. The number of ether oxygens (including phenoxy) is 1. The Morgan fingerprint density at radius 3 is 2.52 bits per heavy atom. The van der Waals surface area contributed by atoms with Crippen molar-refractivity contribution in [2.45, 2.75) is 19.6 Å². The molecule has 2 heterocycles. The van der Waals surface area contributed by atoms with Crippen LogP contribution in [0.15, 0.2) is 42.6 Å². The number of fused-ring (bicyclic) bond motifs is 1. The van der Waals surface area contributed by atoms with E-state index in [1.54, 1.807) is 7.11 Å². The average molecular weight is 283 g/mol. The summed E-state index contributed by atoms with van der Waals surface area (Å²) < 4.78 is 5.01. The van der Waals surface area contributed by atoms with Crippen LogP contribution in [0, 0.1) is 0 Å². The highest BCUT2D eigenvalue weighted by Gasteiger charge is 2.19. The number of aromatic nitrogens is 1. The standard InChI is InChI=1S/C17H21N3O/c1-21-9-8-18-10-14-6-7-17(19-11-14)20-12-15-4-2-3-5-16(15)13-20/h2-7,11,18H,8-10,12-13H2,1H3. The molecule has 0 radical (unpaired) electrons. The van der Waals surface area contributed by atoms with E-state index in [4.69, 9.17) is 4.74 Å². The number of hydrogen-bond acceptors (Lipinski definition) is 4. The fourth-order valence-corrected chi connectivity index (χ4v) is 2.61. The number of nitrogens with zero attached hydrogens (tertiary/aromatic N) is 2. The zero-order valence-electron chi connectivity index (χ0n) is 12.4. The first-order valence-electron chi connectivity index (χ1n) is 7.33. The second kappa shape index (κ2) is 6.70. The van der Waals surface area contributed by atoms with E-state index in [0.29, 0.717) is 0 Å². The van der Waals surface area contributed by atoms with E-state index >= 15 is 0 Å². The largest absolute Gasteiger partial charge is 0.383 e. The molecular weight excluding hydrogens is 262 g/mol. The summed E-state index contributed by atoms with van der Waals surface area (Å²) >= 11 is 0. The maximum Gasteiger partial charge on any atom is 0.129 e. The minimum absolute atomic E-state index is 0.734. The molecule has 4 nitrogen and oxygen atoms in total. The van der Waals surface area contributed by atoms with E-state index in [-0.39, 0.29) is 0 Å². The summed E-state index contributed by atoms with van der Waals surface area (Å²) in [5.74, 6) is 1.05. The molecule has 0 amide bonds. The van der Waals surface area contributed by atoms with Crippen LogP contribution in [-0.4, -0.2) is 25.2 Å². The van der Waals surface area contributed by atoms with E-state index in [1.807, 2.05) is 6.20 Å². The van der Waals surface area contributed by atoms with Gasteiger partial charge in [0, 0.05) is 39.5 Å². The van der Waals surface area contributed by atoms with E-state index in [1.165, 1.54) is 16.7 Å². The van der Waals surface area contributed by atoms with Gasteiger partial charge < -0.3 is 15.0 Å². The van der Waals surface area contributed by atoms with Crippen molar-refractivity contribution in [2.24, 2.45) is 0 Å². The first kappa shape index (κ1) is 14.0. The smallest absolute Gasteiger partial charge is 0.129 e. The molecule has 1 aromatic heterocycles. The molecule has 1 aliphatic rings. The molecule has 0 saturated heterocycles. The van der Waals surface area contributed by atoms with Gasteiger partial charge in [-0.3, -0.25) is 0 Å². The van der Waals surface area contributed by atoms with Crippen LogP contribution in [0.3, 0.4) is 0 Å². The number of anilines is 1. The highest BCUT2D eigenvalue weighted by molar-refractivity contribution is 5.47. The van der Waals surface area contributed by atoms with Crippen LogP contribution in [0.4, 0.5) is 5.82 Å². The summed E-state index contributed by atoms with van der Waals surface area (Å²) in [7, 11) is 1.71. The van der Waals surface area contributed by atoms with Crippen LogP contribution in [0.2, 0.25) is 0 Å². The fourth-order valence-electron chi connectivity index (χ4n) is 2.61. The van der Waals surface area contributed by atoms with Gasteiger partial charge in [-0.1, -0.05) is 30.3 Å². The van der Waals surface area contributed by atoms with Crippen LogP contribution < -0.4 is 10.2 Å². The Hall–Kier alpha value is -1.91. The molecule has 0 fully saturated rings. The maximum atomic E-state index is 5.01. The lowest BCUT2D eigenvalue weighted by Gasteiger charge is -2.16. The van der Waals surface area contributed by atoms with Crippen molar-refractivity contribution in [1.29, 1.82) is 0 Å². The second-order valence-electron chi connectivity index (χ2n) is 5.32. The van der Waals surface area contributed by atoms with Gasteiger partial charge in [0.25, 0.3) is 0 Å². The van der Waals surface area contributed by atoms with Crippen molar-refractivity contribution in [2.75, 3.05) is 25.2 Å².